The van der Waals surface area contributed by atoms with Crippen LogP contribution in [0.2, 0.25) is 0 Å². The molecule has 1 aromatic rings. The van der Waals surface area contributed by atoms with Crippen LogP contribution in [0.3, 0.4) is 0 Å². The summed E-state index contributed by atoms with van der Waals surface area (Å²) in [4.78, 5) is 18.2. The molecular formula is C13H19N3O3. The largest absolute Gasteiger partial charge is 0.377 e. The van der Waals surface area contributed by atoms with Crippen molar-refractivity contribution in [3.05, 3.63) is 23.9 Å². The molecule has 0 saturated carbocycles. The van der Waals surface area contributed by atoms with Gasteiger partial charge in [0.25, 0.3) is 5.91 Å². The maximum atomic E-state index is 12.3. The van der Waals surface area contributed by atoms with Crippen LogP contribution in [-0.4, -0.2) is 62.4 Å². The van der Waals surface area contributed by atoms with Gasteiger partial charge in [0, 0.05) is 40.6 Å². The summed E-state index contributed by atoms with van der Waals surface area (Å²) in [5.41, 5.74) is 0.575. The molecule has 0 aliphatic carbocycles. The Morgan fingerprint density at radius 2 is 1.95 bits per heavy atom. The molecule has 1 saturated heterocycles. The number of ether oxygens (including phenoxy) is 2. The molecule has 104 valence electrons. The molecule has 2 rings (SSSR count). The molecule has 1 aliphatic heterocycles. The van der Waals surface area contributed by atoms with Gasteiger partial charge in [-0.15, -0.1) is 0 Å². The number of hydrogen-bond donors (Lipinski definition) is 1. The normalized spacial score (nSPS) is 22.6. The number of likely N-dealkylation sites (tertiary alicyclic amines) is 1. The summed E-state index contributed by atoms with van der Waals surface area (Å²) in [6.07, 6.45) is 1.44. The van der Waals surface area contributed by atoms with E-state index >= 15 is 0 Å². The van der Waals surface area contributed by atoms with Crippen LogP contribution in [0.15, 0.2) is 18.3 Å². The van der Waals surface area contributed by atoms with Crippen LogP contribution in [0.1, 0.15) is 10.4 Å². The predicted octanol–water partition coefficient (Wildman–Crippen LogP) is 0.609. The number of methoxy groups -OCH3 is 2. The average molecular weight is 265 g/mol. The smallest absolute Gasteiger partial charge is 0.255 e. The van der Waals surface area contributed by atoms with E-state index in [-0.39, 0.29) is 18.1 Å². The van der Waals surface area contributed by atoms with Gasteiger partial charge in [0.15, 0.2) is 0 Å². The van der Waals surface area contributed by atoms with Crippen LogP contribution in [0.5, 0.6) is 0 Å². The van der Waals surface area contributed by atoms with Gasteiger partial charge >= 0.3 is 0 Å². The molecule has 1 aromatic heterocycles. The second-order valence-electron chi connectivity index (χ2n) is 4.44. The second-order valence-corrected chi connectivity index (χ2v) is 4.44. The lowest BCUT2D eigenvalue weighted by Crippen LogP contribution is -2.30. The summed E-state index contributed by atoms with van der Waals surface area (Å²) in [5.74, 6) is 0.694. The number of nitrogens with one attached hydrogen (secondary N) is 1. The summed E-state index contributed by atoms with van der Waals surface area (Å²) < 4.78 is 10.6. The first kappa shape index (κ1) is 13.8. The first-order valence-electron chi connectivity index (χ1n) is 6.18. The summed E-state index contributed by atoms with van der Waals surface area (Å²) in [7, 11) is 5.05. The van der Waals surface area contributed by atoms with Crippen molar-refractivity contribution in [1.29, 1.82) is 0 Å². The predicted molar refractivity (Wildman–Crippen MR) is 71.3 cm³/mol. The van der Waals surface area contributed by atoms with Crippen molar-refractivity contribution in [2.24, 2.45) is 0 Å². The molecule has 1 N–H and O–H groups in total. The molecule has 2 heterocycles. The van der Waals surface area contributed by atoms with Crippen LogP contribution < -0.4 is 5.32 Å². The van der Waals surface area contributed by atoms with E-state index < -0.39 is 0 Å². The van der Waals surface area contributed by atoms with E-state index in [4.69, 9.17) is 9.47 Å². The average Bonchev–Trinajstić information content (AvgIpc) is 2.89. The van der Waals surface area contributed by atoms with E-state index in [0.29, 0.717) is 18.7 Å². The van der Waals surface area contributed by atoms with Gasteiger partial charge in [0.05, 0.1) is 5.56 Å². The van der Waals surface area contributed by atoms with Gasteiger partial charge in [-0.2, -0.15) is 0 Å². The third kappa shape index (κ3) is 2.85. The highest BCUT2D eigenvalue weighted by Crippen LogP contribution is 2.18. The number of hydrogen-bond acceptors (Lipinski definition) is 5. The zero-order chi connectivity index (χ0) is 13.8. The second kappa shape index (κ2) is 5.99. The fraction of sp³-hybridized carbons (Fsp3) is 0.538. The Bertz CT molecular complexity index is 423. The first-order chi connectivity index (χ1) is 9.19. The zero-order valence-electron chi connectivity index (χ0n) is 11.4. The Kier molecular flexibility index (Phi) is 4.34. The van der Waals surface area contributed by atoms with E-state index in [0.717, 1.165) is 5.82 Å². The van der Waals surface area contributed by atoms with Crippen LogP contribution in [0.4, 0.5) is 5.82 Å². The molecule has 0 aromatic carbocycles. The number of nitrogens with zero attached hydrogens (tertiary/aromatic N) is 2. The van der Waals surface area contributed by atoms with Crippen molar-refractivity contribution in [3.8, 4) is 0 Å². The quantitative estimate of drug-likeness (QED) is 0.864. The zero-order valence-corrected chi connectivity index (χ0v) is 11.4. The standard InChI is InChI=1S/C13H19N3O3/c1-14-12-5-4-9(6-15-12)13(17)16-7-10(18-2)11(8-16)19-3/h4-6,10-11H,7-8H2,1-3H3,(H,14,15). The van der Waals surface area contributed by atoms with Crippen molar-refractivity contribution >= 4 is 11.7 Å². The number of amides is 1. The van der Waals surface area contributed by atoms with Crippen molar-refractivity contribution in [2.45, 2.75) is 12.2 Å². The number of pyridine rings is 1. The molecule has 19 heavy (non-hydrogen) atoms. The SMILES string of the molecule is CNc1ccc(C(=O)N2CC(OC)C(OC)C2)cn1. The molecule has 0 radical (unpaired) electrons. The molecule has 0 bridgehead atoms. The van der Waals surface area contributed by atoms with Crippen LogP contribution in [0.25, 0.3) is 0 Å². The van der Waals surface area contributed by atoms with Gasteiger partial charge in [-0.3, -0.25) is 4.79 Å². The Morgan fingerprint density at radius 1 is 1.32 bits per heavy atom. The van der Waals surface area contributed by atoms with E-state index in [9.17, 15) is 4.79 Å². The number of carbonyl (C=O) groups is 1. The lowest BCUT2D eigenvalue weighted by Gasteiger charge is -2.15. The van der Waals surface area contributed by atoms with Gasteiger partial charge in [0.2, 0.25) is 0 Å². The van der Waals surface area contributed by atoms with Gasteiger partial charge in [-0.25, -0.2) is 4.98 Å². The van der Waals surface area contributed by atoms with E-state index in [1.165, 1.54) is 0 Å². The molecule has 2 unspecified atom stereocenters. The van der Waals surface area contributed by atoms with E-state index in [1.54, 1.807) is 44.5 Å². The Labute approximate surface area is 112 Å². The van der Waals surface area contributed by atoms with Gasteiger partial charge < -0.3 is 19.7 Å². The fourth-order valence-electron chi connectivity index (χ4n) is 2.21. The molecule has 2 atom stereocenters. The van der Waals surface area contributed by atoms with E-state index in [1.807, 2.05) is 0 Å². The summed E-state index contributed by atoms with van der Waals surface area (Å²) in [6, 6.07) is 3.55. The highest BCUT2D eigenvalue weighted by molar-refractivity contribution is 5.94. The number of carbonyl (C=O) groups excluding carboxylic acids is 1. The maximum Gasteiger partial charge on any atom is 0.255 e. The minimum Gasteiger partial charge on any atom is -0.377 e. The minimum absolute atomic E-state index is 0.0447. The van der Waals surface area contributed by atoms with Crippen molar-refractivity contribution in [2.75, 3.05) is 39.7 Å². The maximum absolute atomic E-state index is 12.3. The lowest BCUT2D eigenvalue weighted by atomic mass is 10.2. The fourth-order valence-corrected chi connectivity index (χ4v) is 2.21. The molecule has 1 aliphatic rings. The van der Waals surface area contributed by atoms with Crippen LogP contribution in [0, 0.1) is 0 Å². The molecule has 6 heteroatoms. The monoisotopic (exact) mass is 265 g/mol. The first-order valence-corrected chi connectivity index (χ1v) is 6.18. The van der Waals surface area contributed by atoms with Crippen molar-refractivity contribution < 1.29 is 14.3 Å². The minimum atomic E-state index is -0.0708. The molecule has 1 amide bonds. The van der Waals surface area contributed by atoms with Gasteiger partial charge in [0.1, 0.15) is 18.0 Å². The third-order valence-corrected chi connectivity index (χ3v) is 3.37. The van der Waals surface area contributed by atoms with Crippen LogP contribution >= 0.6 is 0 Å². The molecular weight excluding hydrogens is 246 g/mol. The van der Waals surface area contributed by atoms with Gasteiger partial charge in [-0.05, 0) is 12.1 Å². The highest BCUT2D eigenvalue weighted by Gasteiger charge is 2.35. The Morgan fingerprint density at radius 3 is 2.37 bits per heavy atom. The Balaban J connectivity index is 2.07. The summed E-state index contributed by atoms with van der Waals surface area (Å²) in [6.45, 7) is 1.09. The summed E-state index contributed by atoms with van der Waals surface area (Å²) >= 11 is 0. The lowest BCUT2D eigenvalue weighted by molar-refractivity contribution is -0.00461. The summed E-state index contributed by atoms with van der Waals surface area (Å²) in [5, 5.41) is 2.92. The van der Waals surface area contributed by atoms with Gasteiger partial charge in [-0.1, -0.05) is 0 Å². The Hall–Kier alpha value is -1.66. The number of anilines is 1. The van der Waals surface area contributed by atoms with Crippen molar-refractivity contribution in [3.63, 3.8) is 0 Å². The highest BCUT2D eigenvalue weighted by atomic mass is 16.5. The molecule has 6 nitrogen and oxygen atoms in total. The third-order valence-electron chi connectivity index (χ3n) is 3.37. The molecule has 1 fully saturated rings. The number of rotatable bonds is 4. The van der Waals surface area contributed by atoms with E-state index in [2.05, 4.69) is 10.3 Å². The number of aromatic nitrogens is 1. The van der Waals surface area contributed by atoms with Crippen LogP contribution in [-0.2, 0) is 9.47 Å². The molecule has 0 spiro atoms. The topological polar surface area (TPSA) is 63.7 Å². The van der Waals surface area contributed by atoms with Crippen molar-refractivity contribution in [1.82, 2.24) is 9.88 Å².